The molecular formula is C10H20N2O. The van der Waals surface area contributed by atoms with Crippen LogP contribution in [-0.2, 0) is 4.74 Å². The highest BCUT2D eigenvalue weighted by Gasteiger charge is 2.32. The molecule has 0 aliphatic carbocycles. The number of rotatable bonds is 1. The van der Waals surface area contributed by atoms with Crippen molar-refractivity contribution in [2.45, 2.75) is 44.3 Å². The lowest BCUT2D eigenvalue weighted by molar-refractivity contribution is 0.0772. The number of likely N-dealkylation sites (tertiary alicyclic amines) is 1. The number of nitrogens with zero attached hydrogens (tertiary/aromatic N) is 1. The van der Waals surface area contributed by atoms with Gasteiger partial charge in [-0.1, -0.05) is 0 Å². The van der Waals surface area contributed by atoms with E-state index in [2.05, 4.69) is 11.8 Å². The Hall–Kier alpha value is -0.120. The molecule has 2 N–H and O–H groups in total. The Kier molecular flexibility index (Phi) is 2.86. The van der Waals surface area contributed by atoms with Crippen molar-refractivity contribution in [1.29, 1.82) is 0 Å². The maximum Gasteiger partial charge on any atom is 0.0622 e. The Morgan fingerprint density at radius 1 is 1.38 bits per heavy atom. The summed E-state index contributed by atoms with van der Waals surface area (Å²) < 4.78 is 5.41. The lowest BCUT2D eigenvalue weighted by atomic mass is 9.96. The molecule has 2 aliphatic rings. The minimum Gasteiger partial charge on any atom is -0.380 e. The van der Waals surface area contributed by atoms with Gasteiger partial charge < -0.3 is 10.5 Å². The Bertz CT molecular complexity index is 166. The van der Waals surface area contributed by atoms with E-state index in [1.807, 2.05) is 0 Å². The summed E-state index contributed by atoms with van der Waals surface area (Å²) in [6, 6.07) is 1.55. The third-order valence-corrected chi connectivity index (χ3v) is 3.47. The summed E-state index contributed by atoms with van der Waals surface area (Å²) in [5, 5.41) is 0. The normalized spacial score (nSPS) is 42.5. The second kappa shape index (κ2) is 3.95. The quantitative estimate of drug-likeness (QED) is 0.648. The van der Waals surface area contributed by atoms with E-state index in [0.29, 0.717) is 18.1 Å². The van der Waals surface area contributed by atoms with Gasteiger partial charge in [0.15, 0.2) is 0 Å². The molecule has 0 aromatic rings. The van der Waals surface area contributed by atoms with Crippen LogP contribution in [0.2, 0.25) is 0 Å². The lowest BCUT2D eigenvalue weighted by Crippen LogP contribution is -2.54. The van der Waals surface area contributed by atoms with Gasteiger partial charge in [0, 0.05) is 24.7 Å². The number of hydrogen-bond acceptors (Lipinski definition) is 3. The van der Waals surface area contributed by atoms with E-state index in [-0.39, 0.29) is 0 Å². The average molecular weight is 184 g/mol. The van der Waals surface area contributed by atoms with Crippen LogP contribution in [-0.4, -0.2) is 42.8 Å². The predicted octanol–water partition coefficient (Wildman–Crippen LogP) is 0.587. The van der Waals surface area contributed by atoms with E-state index in [1.165, 1.54) is 25.8 Å². The molecule has 0 aromatic carbocycles. The molecule has 13 heavy (non-hydrogen) atoms. The fourth-order valence-electron chi connectivity index (χ4n) is 2.50. The molecule has 0 bridgehead atoms. The van der Waals surface area contributed by atoms with Gasteiger partial charge in [-0.15, -0.1) is 0 Å². The summed E-state index contributed by atoms with van der Waals surface area (Å²) in [4.78, 5) is 2.54. The SMILES string of the molecule is CC1C(N)CCCN1C1CCOC1. The average Bonchev–Trinajstić information content (AvgIpc) is 2.62. The first kappa shape index (κ1) is 9.44. The Balaban J connectivity index is 1.95. The van der Waals surface area contributed by atoms with Crippen LogP contribution in [0, 0.1) is 0 Å². The molecule has 0 amide bonds. The van der Waals surface area contributed by atoms with Crippen molar-refractivity contribution in [2.75, 3.05) is 19.8 Å². The maximum absolute atomic E-state index is 6.05. The van der Waals surface area contributed by atoms with Crippen LogP contribution in [0.15, 0.2) is 0 Å². The monoisotopic (exact) mass is 184 g/mol. The smallest absolute Gasteiger partial charge is 0.0622 e. The van der Waals surface area contributed by atoms with Crippen LogP contribution < -0.4 is 5.73 Å². The lowest BCUT2D eigenvalue weighted by Gasteiger charge is -2.40. The molecule has 3 nitrogen and oxygen atoms in total. The van der Waals surface area contributed by atoms with Crippen molar-refractivity contribution in [3.8, 4) is 0 Å². The topological polar surface area (TPSA) is 38.5 Å². The van der Waals surface area contributed by atoms with E-state index >= 15 is 0 Å². The minimum atomic E-state index is 0.370. The van der Waals surface area contributed by atoms with Gasteiger partial charge in [0.1, 0.15) is 0 Å². The number of hydrogen-bond donors (Lipinski definition) is 1. The predicted molar refractivity (Wildman–Crippen MR) is 52.6 cm³/mol. The fraction of sp³-hybridized carbons (Fsp3) is 1.00. The van der Waals surface area contributed by atoms with Crippen molar-refractivity contribution < 1.29 is 4.74 Å². The molecule has 2 fully saturated rings. The third kappa shape index (κ3) is 1.87. The first-order valence-corrected chi connectivity index (χ1v) is 5.38. The van der Waals surface area contributed by atoms with E-state index in [0.717, 1.165) is 13.2 Å². The Morgan fingerprint density at radius 2 is 2.23 bits per heavy atom. The summed E-state index contributed by atoms with van der Waals surface area (Å²) in [5.41, 5.74) is 6.05. The van der Waals surface area contributed by atoms with Crippen molar-refractivity contribution >= 4 is 0 Å². The van der Waals surface area contributed by atoms with Crippen LogP contribution >= 0.6 is 0 Å². The molecule has 2 rings (SSSR count). The number of nitrogens with two attached hydrogens (primary N) is 1. The first-order chi connectivity index (χ1) is 6.29. The van der Waals surface area contributed by atoms with Gasteiger partial charge in [-0.25, -0.2) is 0 Å². The molecule has 2 heterocycles. The van der Waals surface area contributed by atoms with Crippen LogP contribution in [0.5, 0.6) is 0 Å². The maximum atomic E-state index is 6.05. The van der Waals surface area contributed by atoms with Gasteiger partial charge in [-0.05, 0) is 32.7 Å². The number of piperidine rings is 1. The van der Waals surface area contributed by atoms with Gasteiger partial charge in [0.05, 0.1) is 6.61 Å². The van der Waals surface area contributed by atoms with Gasteiger partial charge in [-0.2, -0.15) is 0 Å². The van der Waals surface area contributed by atoms with Crippen LogP contribution in [0.4, 0.5) is 0 Å². The second-order valence-electron chi connectivity index (χ2n) is 4.30. The van der Waals surface area contributed by atoms with Crippen LogP contribution in [0.1, 0.15) is 26.2 Å². The van der Waals surface area contributed by atoms with E-state index in [1.54, 1.807) is 0 Å². The molecule has 3 unspecified atom stereocenters. The van der Waals surface area contributed by atoms with Gasteiger partial charge in [0.2, 0.25) is 0 Å². The Morgan fingerprint density at radius 3 is 2.92 bits per heavy atom. The highest BCUT2D eigenvalue weighted by Crippen LogP contribution is 2.22. The van der Waals surface area contributed by atoms with Gasteiger partial charge in [0.25, 0.3) is 0 Å². The van der Waals surface area contributed by atoms with Crippen LogP contribution in [0.25, 0.3) is 0 Å². The summed E-state index contributed by atoms with van der Waals surface area (Å²) in [5.74, 6) is 0. The molecule has 0 radical (unpaired) electrons. The van der Waals surface area contributed by atoms with Gasteiger partial charge >= 0.3 is 0 Å². The second-order valence-corrected chi connectivity index (χ2v) is 4.30. The Labute approximate surface area is 80.2 Å². The molecule has 2 aliphatic heterocycles. The highest BCUT2D eigenvalue weighted by molar-refractivity contribution is 4.88. The zero-order valence-electron chi connectivity index (χ0n) is 8.41. The van der Waals surface area contributed by atoms with Crippen molar-refractivity contribution in [2.24, 2.45) is 5.73 Å². The van der Waals surface area contributed by atoms with Crippen molar-refractivity contribution in [1.82, 2.24) is 4.90 Å². The molecule has 0 spiro atoms. The first-order valence-electron chi connectivity index (χ1n) is 5.38. The minimum absolute atomic E-state index is 0.370. The standard InChI is InChI=1S/C10H20N2O/c1-8-10(11)3-2-5-12(8)9-4-6-13-7-9/h8-10H,2-7,11H2,1H3. The molecule has 76 valence electrons. The summed E-state index contributed by atoms with van der Waals surface area (Å²) in [7, 11) is 0. The van der Waals surface area contributed by atoms with E-state index in [4.69, 9.17) is 10.5 Å². The van der Waals surface area contributed by atoms with Gasteiger partial charge in [-0.3, -0.25) is 4.90 Å². The largest absolute Gasteiger partial charge is 0.380 e. The zero-order valence-corrected chi connectivity index (χ0v) is 8.41. The molecule has 0 saturated carbocycles. The fourth-order valence-corrected chi connectivity index (χ4v) is 2.50. The molecule has 0 aromatic heterocycles. The zero-order chi connectivity index (χ0) is 9.26. The third-order valence-electron chi connectivity index (χ3n) is 3.47. The molecule has 3 heteroatoms. The van der Waals surface area contributed by atoms with Crippen molar-refractivity contribution in [3.63, 3.8) is 0 Å². The van der Waals surface area contributed by atoms with E-state index < -0.39 is 0 Å². The summed E-state index contributed by atoms with van der Waals surface area (Å²) in [6.07, 6.45) is 3.63. The van der Waals surface area contributed by atoms with E-state index in [9.17, 15) is 0 Å². The highest BCUT2D eigenvalue weighted by atomic mass is 16.5. The summed E-state index contributed by atoms with van der Waals surface area (Å²) >= 11 is 0. The molecular weight excluding hydrogens is 164 g/mol. The summed E-state index contributed by atoms with van der Waals surface area (Å²) in [6.45, 7) is 5.31. The van der Waals surface area contributed by atoms with Crippen LogP contribution in [0.3, 0.4) is 0 Å². The number of ether oxygens (including phenoxy) is 1. The molecule has 2 saturated heterocycles. The molecule has 3 atom stereocenters. The van der Waals surface area contributed by atoms with Crippen molar-refractivity contribution in [3.05, 3.63) is 0 Å².